The van der Waals surface area contributed by atoms with Gasteiger partial charge in [0.1, 0.15) is 18.7 Å². The summed E-state index contributed by atoms with van der Waals surface area (Å²) in [5.74, 6) is -1.40. The molecule has 2 aromatic carbocycles. The molecule has 0 fully saturated rings. The van der Waals surface area contributed by atoms with Gasteiger partial charge in [0, 0.05) is 6.42 Å². The number of hydrogen-bond acceptors (Lipinski definition) is 6. The van der Waals surface area contributed by atoms with Crippen molar-refractivity contribution in [1.29, 1.82) is 5.26 Å². The third-order valence-corrected chi connectivity index (χ3v) is 4.76. The molecule has 0 unspecified atom stereocenters. The number of carbonyl (C=O) groups is 3. The van der Waals surface area contributed by atoms with Gasteiger partial charge in [0.25, 0.3) is 0 Å². The minimum Gasteiger partial charge on any atom is -0.467 e. The molecule has 0 aromatic heterocycles. The molecule has 32 heavy (non-hydrogen) atoms. The van der Waals surface area contributed by atoms with E-state index >= 15 is 0 Å². The highest BCUT2D eigenvalue weighted by atomic mass is 16.5. The molecule has 8 nitrogen and oxygen atoms in total. The molecule has 0 aliphatic carbocycles. The number of nitrogens with zero attached hydrogens (tertiary/aromatic N) is 1. The van der Waals surface area contributed by atoms with Crippen molar-refractivity contribution in [1.82, 2.24) is 10.6 Å². The van der Waals surface area contributed by atoms with Gasteiger partial charge < -0.3 is 20.1 Å². The number of alkyl carbamates (subject to hydrolysis) is 1. The SMILES string of the molecule is COC(=O)[C@@H](Cc1ccc(C#N)cc1)NC(=O)[C@H](NC(=O)OCc1ccccc1)C(C)C. The summed E-state index contributed by atoms with van der Waals surface area (Å²) in [4.78, 5) is 37.4. The van der Waals surface area contributed by atoms with Crippen LogP contribution in [0.4, 0.5) is 4.79 Å². The van der Waals surface area contributed by atoms with Gasteiger partial charge >= 0.3 is 12.1 Å². The van der Waals surface area contributed by atoms with Crippen LogP contribution in [-0.4, -0.2) is 37.2 Å². The highest BCUT2D eigenvalue weighted by molar-refractivity contribution is 5.90. The van der Waals surface area contributed by atoms with E-state index in [1.807, 2.05) is 36.4 Å². The molecule has 0 aliphatic rings. The molecule has 0 spiro atoms. The summed E-state index contributed by atoms with van der Waals surface area (Å²) >= 11 is 0. The molecule has 2 atom stereocenters. The molecule has 168 valence electrons. The number of nitrogens with one attached hydrogen (secondary N) is 2. The van der Waals surface area contributed by atoms with Gasteiger partial charge in [0.05, 0.1) is 18.7 Å². The van der Waals surface area contributed by atoms with Gasteiger partial charge in [-0.05, 0) is 29.2 Å². The predicted octanol–water partition coefficient (Wildman–Crippen LogP) is 2.71. The van der Waals surface area contributed by atoms with Crippen molar-refractivity contribution in [2.75, 3.05) is 7.11 Å². The minimum atomic E-state index is -0.955. The minimum absolute atomic E-state index is 0.0720. The van der Waals surface area contributed by atoms with Crippen molar-refractivity contribution in [2.45, 2.75) is 39.0 Å². The lowest BCUT2D eigenvalue weighted by Gasteiger charge is -2.24. The van der Waals surface area contributed by atoms with Crippen LogP contribution in [0.3, 0.4) is 0 Å². The number of methoxy groups -OCH3 is 1. The van der Waals surface area contributed by atoms with Gasteiger partial charge in [-0.1, -0.05) is 56.3 Å². The average Bonchev–Trinajstić information content (AvgIpc) is 2.81. The Morgan fingerprint density at radius 1 is 0.969 bits per heavy atom. The first-order valence-electron chi connectivity index (χ1n) is 10.2. The maximum absolute atomic E-state index is 12.9. The lowest BCUT2D eigenvalue weighted by molar-refractivity contribution is -0.145. The number of ether oxygens (including phenoxy) is 2. The van der Waals surface area contributed by atoms with Crippen LogP contribution >= 0.6 is 0 Å². The highest BCUT2D eigenvalue weighted by Crippen LogP contribution is 2.10. The monoisotopic (exact) mass is 437 g/mol. The van der Waals surface area contributed by atoms with E-state index in [1.54, 1.807) is 38.1 Å². The summed E-state index contributed by atoms with van der Waals surface area (Å²) in [5, 5.41) is 14.1. The Kier molecular flexibility index (Phi) is 9.23. The first-order chi connectivity index (χ1) is 15.3. The second-order valence-corrected chi connectivity index (χ2v) is 7.52. The molecule has 0 saturated heterocycles. The van der Waals surface area contributed by atoms with Gasteiger partial charge in [-0.3, -0.25) is 4.79 Å². The summed E-state index contributed by atoms with van der Waals surface area (Å²) in [6.07, 6.45) is -0.558. The maximum atomic E-state index is 12.9. The number of esters is 1. The number of amides is 2. The zero-order valence-corrected chi connectivity index (χ0v) is 18.3. The second kappa shape index (κ2) is 12.1. The van der Waals surface area contributed by atoms with E-state index in [0.29, 0.717) is 5.56 Å². The molecule has 0 heterocycles. The van der Waals surface area contributed by atoms with Crippen molar-refractivity contribution >= 4 is 18.0 Å². The third kappa shape index (κ3) is 7.43. The summed E-state index contributed by atoms with van der Waals surface area (Å²) in [5.41, 5.74) is 2.06. The van der Waals surface area contributed by atoms with E-state index in [0.717, 1.165) is 11.1 Å². The molecule has 2 rings (SSSR count). The summed E-state index contributed by atoms with van der Waals surface area (Å²) < 4.78 is 10.0. The third-order valence-electron chi connectivity index (χ3n) is 4.76. The molecule has 0 aliphatic heterocycles. The number of rotatable bonds is 9. The molecule has 0 saturated carbocycles. The van der Waals surface area contributed by atoms with Crippen molar-refractivity contribution in [3.8, 4) is 6.07 Å². The lowest BCUT2D eigenvalue weighted by atomic mass is 10.0. The molecule has 2 amide bonds. The summed E-state index contributed by atoms with van der Waals surface area (Å²) in [6, 6.07) is 16.0. The van der Waals surface area contributed by atoms with Gasteiger partial charge in [0.2, 0.25) is 5.91 Å². The molecular formula is C24H27N3O5. The number of nitriles is 1. The van der Waals surface area contributed by atoms with Crippen molar-refractivity contribution in [3.05, 3.63) is 71.3 Å². The fourth-order valence-electron chi connectivity index (χ4n) is 2.97. The molecule has 0 bridgehead atoms. The van der Waals surface area contributed by atoms with Crippen LogP contribution in [0.1, 0.15) is 30.5 Å². The predicted molar refractivity (Wildman–Crippen MR) is 117 cm³/mol. The Morgan fingerprint density at radius 2 is 1.62 bits per heavy atom. The molecule has 2 aromatic rings. The van der Waals surface area contributed by atoms with Crippen LogP contribution in [0.5, 0.6) is 0 Å². The van der Waals surface area contributed by atoms with Gasteiger partial charge in [0.15, 0.2) is 0 Å². The second-order valence-electron chi connectivity index (χ2n) is 7.52. The standard InChI is InChI=1S/C24H27N3O5/c1-16(2)21(27-24(30)32-15-19-7-5-4-6-8-19)22(28)26-20(23(29)31-3)13-17-9-11-18(14-25)12-10-17/h4-12,16,20-21H,13,15H2,1-3H3,(H,26,28)(H,27,30)/t20-,21-/m1/s1. The maximum Gasteiger partial charge on any atom is 0.408 e. The zero-order valence-electron chi connectivity index (χ0n) is 18.3. The van der Waals surface area contributed by atoms with Crippen LogP contribution in [-0.2, 0) is 32.1 Å². The largest absolute Gasteiger partial charge is 0.467 e. The topological polar surface area (TPSA) is 118 Å². The van der Waals surface area contributed by atoms with Gasteiger partial charge in [-0.2, -0.15) is 5.26 Å². The smallest absolute Gasteiger partial charge is 0.408 e. The van der Waals surface area contributed by atoms with Crippen LogP contribution in [0.25, 0.3) is 0 Å². The van der Waals surface area contributed by atoms with E-state index < -0.39 is 30.1 Å². The van der Waals surface area contributed by atoms with Crippen LogP contribution in [0.15, 0.2) is 54.6 Å². The zero-order chi connectivity index (χ0) is 23.5. The van der Waals surface area contributed by atoms with Crippen LogP contribution in [0, 0.1) is 17.2 Å². The summed E-state index contributed by atoms with van der Waals surface area (Å²) in [6.45, 7) is 3.62. The van der Waals surface area contributed by atoms with E-state index in [4.69, 9.17) is 14.7 Å². The van der Waals surface area contributed by atoms with Gasteiger partial charge in [-0.15, -0.1) is 0 Å². The molecule has 0 radical (unpaired) electrons. The first kappa shape index (κ1) is 24.4. The van der Waals surface area contributed by atoms with E-state index in [2.05, 4.69) is 10.6 Å². The fraction of sp³-hybridized carbons (Fsp3) is 0.333. The summed E-state index contributed by atoms with van der Waals surface area (Å²) in [7, 11) is 1.24. The Hall–Kier alpha value is -3.86. The Morgan fingerprint density at radius 3 is 2.19 bits per heavy atom. The first-order valence-corrected chi connectivity index (χ1v) is 10.2. The van der Waals surface area contributed by atoms with Crippen LogP contribution in [0.2, 0.25) is 0 Å². The molecule has 8 heteroatoms. The van der Waals surface area contributed by atoms with E-state index in [1.165, 1.54) is 7.11 Å². The highest BCUT2D eigenvalue weighted by Gasteiger charge is 2.29. The Bertz CT molecular complexity index is 952. The van der Waals surface area contributed by atoms with Crippen molar-refractivity contribution in [3.63, 3.8) is 0 Å². The van der Waals surface area contributed by atoms with Crippen LogP contribution < -0.4 is 10.6 Å². The average molecular weight is 437 g/mol. The van der Waals surface area contributed by atoms with E-state index in [-0.39, 0.29) is 18.9 Å². The Labute approximate surface area is 187 Å². The fourth-order valence-corrected chi connectivity index (χ4v) is 2.97. The lowest BCUT2D eigenvalue weighted by Crippen LogP contribution is -2.54. The quantitative estimate of drug-likeness (QED) is 0.583. The van der Waals surface area contributed by atoms with E-state index in [9.17, 15) is 14.4 Å². The number of hydrogen-bond donors (Lipinski definition) is 2. The Balaban J connectivity index is 2.02. The normalized spacial score (nSPS) is 12.2. The van der Waals surface area contributed by atoms with Crippen molar-refractivity contribution < 1.29 is 23.9 Å². The van der Waals surface area contributed by atoms with Gasteiger partial charge in [-0.25, -0.2) is 9.59 Å². The van der Waals surface area contributed by atoms with Crippen molar-refractivity contribution in [2.24, 2.45) is 5.92 Å². The molecule has 2 N–H and O–H groups in total. The number of benzene rings is 2. The molecular weight excluding hydrogens is 410 g/mol. The number of carbonyl (C=O) groups excluding carboxylic acids is 3.